The maximum atomic E-state index is 10.8. The monoisotopic (exact) mass is 1420 g/mol. The summed E-state index contributed by atoms with van der Waals surface area (Å²) in [5.41, 5.74) is -13.3. The van der Waals surface area contributed by atoms with E-state index in [1.807, 2.05) is 47.0 Å². The molecule has 5 nitrogen and oxygen atoms in total. The molecule has 452 valence electrons. The van der Waals surface area contributed by atoms with Crippen LogP contribution in [0.15, 0.2) is 321 Å². The van der Waals surface area contributed by atoms with Crippen molar-refractivity contribution in [3.63, 3.8) is 0 Å². The summed E-state index contributed by atoms with van der Waals surface area (Å²) < 4.78 is 350. The third kappa shape index (κ3) is 11.5. The predicted octanol–water partition coefficient (Wildman–Crippen LogP) is 22.2. The molecule has 0 atom stereocenters. The van der Waals surface area contributed by atoms with Crippen molar-refractivity contribution in [2.45, 2.75) is 26.2 Å². The second-order valence-electron chi connectivity index (χ2n) is 22.0. The van der Waals surface area contributed by atoms with Crippen LogP contribution >= 0.6 is 0 Å². The molecule has 3 aromatic heterocycles. The Balaban J connectivity index is 0.0000130. The van der Waals surface area contributed by atoms with Gasteiger partial charge in [0.2, 0.25) is 0 Å². The molecule has 0 unspecified atom stereocenters. The molecule has 16 aromatic rings. The number of benzene rings is 13. The van der Waals surface area contributed by atoms with Crippen molar-refractivity contribution in [2.24, 2.45) is 0 Å². The summed E-state index contributed by atoms with van der Waals surface area (Å²) in [6.07, 6.45) is 4.93. The van der Waals surface area contributed by atoms with Gasteiger partial charge in [-0.2, -0.15) is 18.2 Å². The summed E-state index contributed by atoms with van der Waals surface area (Å²) in [5, 5.41) is 1.58. The number of nitrogens with zero attached hydrogens (tertiary/aromatic N) is 4. The van der Waals surface area contributed by atoms with E-state index in [0.717, 1.165) is 38.6 Å². The molecule has 0 aliphatic heterocycles. The van der Waals surface area contributed by atoms with Crippen LogP contribution in [-0.2, 0) is 26.5 Å². The van der Waals surface area contributed by atoms with Crippen LogP contribution in [0.3, 0.4) is 0 Å². The van der Waals surface area contributed by atoms with Crippen LogP contribution in [0, 0.1) is 18.5 Å². The largest absolute Gasteiger partial charge is 0.510 e. The number of hydrogen-bond acceptors (Lipinski definition) is 2. The first-order valence-electron chi connectivity index (χ1n) is 46.7. The topological polar surface area (TPSA) is 35.9 Å². The molecule has 13 aromatic carbocycles. The van der Waals surface area contributed by atoms with E-state index in [0.29, 0.717) is 11.3 Å². The van der Waals surface area contributed by atoms with Crippen LogP contribution in [0.5, 0.6) is 11.5 Å². The Labute approximate surface area is 613 Å². The second-order valence-corrected chi connectivity index (χ2v) is 22.0. The molecule has 0 saturated heterocycles. The van der Waals surface area contributed by atoms with Gasteiger partial charge in [-0.05, 0) is 184 Å². The Morgan fingerprint density at radius 2 is 0.894 bits per heavy atom. The number of hydrogen-bond donors (Lipinski definition) is 0. The summed E-state index contributed by atoms with van der Waals surface area (Å²) in [6, 6.07) is -6.35. The van der Waals surface area contributed by atoms with Crippen molar-refractivity contribution >= 4 is 32.8 Å². The van der Waals surface area contributed by atoms with Gasteiger partial charge in [0.25, 0.3) is 6.33 Å². The summed E-state index contributed by atoms with van der Waals surface area (Å²) in [5.74, 6) is 0.570. The third-order valence-electron chi connectivity index (χ3n) is 15.2. The standard InChI is InChI=1S/C88H62N4O.Pt/c1-88(2,3)74-45-46-89-86(56-74)92-82-40-23-22-39-78(82)79-43-42-77(58-84(79)92)93-76-38-24-37-75(57-76)90-59-91(83-44-41-66(55-85(83)90)60-25-10-4-11-26-60)87-80(72-49-67(61-27-12-5-13-28-61)47-68(50-72)62-29-14-6-15-30-62)53-71(65-35-20-9-21-36-65)54-81(87)73-51-69(63-31-16-7-17-32-63)48-70(52-73)64-33-18-8-19-34-64;/h4-56H,1-3H3;/q-2;/i4D,5D,6D,7D,8D,9D,10D,11D,12D,13D,14D,15D,16D,17D,18D,19D,20D,21D,25D,26D,27D,28D,29D,30D,31D,32D,33D,34D,35D,36D,47D,48D,49D,50D,51D,52D;. The number of para-hydroxylation sites is 1. The fraction of sp³-hybridized carbons (Fsp3) is 0.0455. The zero-order chi connectivity index (χ0) is 93.7. The maximum absolute atomic E-state index is 10.8. The maximum Gasteiger partial charge on any atom is 0.268 e. The molecule has 94 heavy (non-hydrogen) atoms. The molecule has 0 bridgehead atoms. The smallest absolute Gasteiger partial charge is 0.268 e. The number of imidazole rings is 1. The quantitative estimate of drug-likeness (QED) is 0.0852. The average molecular weight is 1420 g/mol. The molecule has 0 amide bonds. The zero-order valence-corrected chi connectivity index (χ0v) is 51.6. The van der Waals surface area contributed by atoms with Crippen LogP contribution in [0.25, 0.3) is 139 Å². The van der Waals surface area contributed by atoms with E-state index in [1.165, 1.54) is 41.0 Å². The van der Waals surface area contributed by atoms with Crippen LogP contribution in [0.4, 0.5) is 0 Å². The summed E-state index contributed by atoms with van der Waals surface area (Å²) >= 11 is 0. The number of fused-ring (bicyclic) bond motifs is 4. The minimum atomic E-state index is -1.24. The molecule has 16 rings (SSSR count). The molecule has 0 aliphatic rings. The molecular formula is C88H62N4OPt-2. The molecule has 0 aliphatic carbocycles. The number of pyridine rings is 1. The zero-order valence-electron chi connectivity index (χ0n) is 85.3. The van der Waals surface area contributed by atoms with E-state index in [1.54, 1.807) is 12.3 Å². The van der Waals surface area contributed by atoms with Crippen molar-refractivity contribution in [3.8, 4) is 118 Å². The van der Waals surface area contributed by atoms with Gasteiger partial charge in [-0.1, -0.05) is 238 Å². The first-order valence-corrected chi connectivity index (χ1v) is 28.7. The van der Waals surface area contributed by atoms with Crippen molar-refractivity contribution in [1.82, 2.24) is 14.1 Å². The Hall–Kier alpha value is -11.2. The minimum absolute atomic E-state index is 0. The number of ether oxygens (including phenoxy) is 1. The van der Waals surface area contributed by atoms with E-state index in [2.05, 4.69) is 39.2 Å². The normalized spacial score (nSPS) is 16.8. The molecule has 0 N–H and O–H groups in total. The van der Waals surface area contributed by atoms with Gasteiger partial charge >= 0.3 is 0 Å². The fourth-order valence-corrected chi connectivity index (χ4v) is 10.9. The fourth-order valence-electron chi connectivity index (χ4n) is 10.9. The van der Waals surface area contributed by atoms with E-state index in [9.17, 15) is 27.4 Å². The number of rotatable bonds is 13. The Kier molecular flexibility index (Phi) is 8.38. The van der Waals surface area contributed by atoms with Gasteiger partial charge in [0, 0.05) is 44.3 Å². The van der Waals surface area contributed by atoms with Crippen LogP contribution < -0.4 is 9.30 Å². The molecule has 6 heteroatoms. The first kappa shape index (κ1) is 31.4. The van der Waals surface area contributed by atoms with Crippen molar-refractivity contribution in [2.75, 3.05) is 0 Å². The van der Waals surface area contributed by atoms with E-state index >= 15 is 0 Å². The Morgan fingerprint density at radius 1 is 0.415 bits per heavy atom. The van der Waals surface area contributed by atoms with Gasteiger partial charge in [0.05, 0.1) is 66.1 Å². The summed E-state index contributed by atoms with van der Waals surface area (Å²) in [7, 11) is 0. The predicted molar refractivity (Wildman–Crippen MR) is 382 cm³/mol. The molecule has 0 spiro atoms. The summed E-state index contributed by atoms with van der Waals surface area (Å²) in [6.45, 7) is 6.17. The Morgan fingerprint density at radius 3 is 1.41 bits per heavy atom. The van der Waals surface area contributed by atoms with E-state index in [4.69, 9.17) is 31.7 Å². The molecule has 0 saturated carbocycles. The van der Waals surface area contributed by atoms with Crippen molar-refractivity contribution in [1.29, 1.82) is 0 Å². The molecule has 3 heterocycles. The van der Waals surface area contributed by atoms with Gasteiger partial charge in [0.15, 0.2) is 0 Å². The molecule has 0 fully saturated rings. The van der Waals surface area contributed by atoms with Crippen LogP contribution in [0.2, 0.25) is 0 Å². The number of aromatic nitrogens is 4. The Bertz CT molecular complexity index is 7140. The van der Waals surface area contributed by atoms with E-state index < -0.39 is 307 Å². The van der Waals surface area contributed by atoms with Crippen molar-refractivity contribution < 1.29 is 79.7 Å². The van der Waals surface area contributed by atoms with Gasteiger partial charge in [-0.25, -0.2) is 4.98 Å². The van der Waals surface area contributed by atoms with Gasteiger partial charge in [0.1, 0.15) is 5.82 Å². The van der Waals surface area contributed by atoms with Gasteiger partial charge < -0.3 is 13.9 Å². The average Bonchev–Trinajstić information content (AvgIpc) is 1.27. The molecule has 0 radical (unpaired) electrons. The first-order chi connectivity index (χ1) is 60.7. The van der Waals surface area contributed by atoms with Crippen molar-refractivity contribution in [3.05, 3.63) is 345 Å². The van der Waals surface area contributed by atoms with Crippen LogP contribution in [-0.4, -0.2) is 14.1 Å². The van der Waals surface area contributed by atoms with Gasteiger partial charge in [-0.15, -0.1) is 29.7 Å². The summed E-state index contributed by atoms with van der Waals surface area (Å²) in [4.78, 5) is 4.80. The molecular weight excluding hydrogens is 1320 g/mol. The SMILES string of the molecule is [2H]c1c([2H])c([2H])c(-c2cc(-c3c([2H])c(-c4c([2H])c([2H])c([2H])c([2H])c4[2H])c([2H])c(-c4c([2H])c([2H])c([2H])c([2H])c4[2H])c3[2H])c(-[n+]3[c-]n(-c4[c-]c(Oc5[c-]c6c(cc5)c5ccccc5n6-c5cc(C(C)(C)C)ccn5)ccc4)c4cc(-c5c([2H])c([2H])c([2H])c([2H])c5[2H])ccc43)c(-c3c([2H])c(-c4c([2H])c([2H])c([2H])c([2H])c4[2H])c([2H])c(-c4c([2H])c([2H])c([2H])c([2H])c4[2H])c3[2H])c2)c([2H])c1[2H].[Pt]. The van der Waals surface area contributed by atoms with Crippen LogP contribution in [0.1, 0.15) is 75.7 Å². The third-order valence-corrected chi connectivity index (χ3v) is 15.2. The van der Waals surface area contributed by atoms with Gasteiger partial charge in [-0.3, -0.25) is 4.57 Å². The minimum Gasteiger partial charge on any atom is -0.510 e. The van der Waals surface area contributed by atoms with E-state index in [-0.39, 0.29) is 60.3 Å². The second kappa shape index (κ2) is 25.1.